The summed E-state index contributed by atoms with van der Waals surface area (Å²) in [5.74, 6) is 0. The van der Waals surface area contributed by atoms with E-state index in [1.165, 1.54) is 10.8 Å². The van der Waals surface area contributed by atoms with Crippen molar-refractivity contribution in [3.8, 4) is 0 Å². The Hall–Kier alpha value is -1.51. The number of rotatable bonds is 5. The first-order valence-corrected chi connectivity index (χ1v) is 6.32. The van der Waals surface area contributed by atoms with Crippen LogP contribution >= 0.6 is 0 Å². The summed E-state index contributed by atoms with van der Waals surface area (Å²) in [5.41, 5.74) is -0.663. The first-order chi connectivity index (χ1) is 9.56. The largest absolute Gasteiger partial charge is 0.394 e. The van der Waals surface area contributed by atoms with Gasteiger partial charge in [0.1, 0.15) is 19.0 Å². The van der Waals surface area contributed by atoms with E-state index in [1.807, 2.05) is 0 Å². The number of aliphatic hydroxyl groups is 1. The molecule has 0 bridgehead atoms. The van der Waals surface area contributed by atoms with Gasteiger partial charge in [-0.1, -0.05) is 0 Å². The topological polar surface area (TPSA) is 93.6 Å². The Morgan fingerprint density at radius 3 is 3.00 bits per heavy atom. The van der Waals surface area contributed by atoms with Gasteiger partial charge in [-0.3, -0.25) is 14.3 Å². The fraction of sp³-hybridized carbons (Fsp3) is 0.667. The van der Waals surface area contributed by atoms with Crippen LogP contribution in [0.25, 0.3) is 0 Å². The molecule has 1 aromatic rings. The molecule has 1 aromatic heterocycles. The van der Waals surface area contributed by atoms with Crippen molar-refractivity contribution < 1.29 is 19.0 Å². The second-order valence-corrected chi connectivity index (χ2v) is 4.62. The second kappa shape index (κ2) is 6.29. The van der Waals surface area contributed by atoms with Gasteiger partial charge in [0, 0.05) is 18.2 Å². The van der Waals surface area contributed by atoms with Gasteiger partial charge in [0.05, 0.1) is 19.3 Å². The van der Waals surface area contributed by atoms with E-state index < -0.39 is 36.4 Å². The molecule has 3 atom stereocenters. The van der Waals surface area contributed by atoms with Crippen LogP contribution in [-0.4, -0.2) is 46.8 Å². The van der Waals surface area contributed by atoms with Crippen molar-refractivity contribution in [3.05, 3.63) is 32.6 Å². The maximum atomic E-state index is 12.1. The summed E-state index contributed by atoms with van der Waals surface area (Å²) < 4.78 is 24.2. The Labute approximate surface area is 114 Å². The van der Waals surface area contributed by atoms with Crippen molar-refractivity contribution in [3.63, 3.8) is 0 Å². The third kappa shape index (κ3) is 2.97. The van der Waals surface area contributed by atoms with Gasteiger partial charge in [-0.25, -0.2) is 9.18 Å². The number of aromatic nitrogens is 2. The molecule has 0 saturated carbocycles. The third-order valence-corrected chi connectivity index (χ3v) is 3.23. The Kier molecular flexibility index (Phi) is 4.69. The highest BCUT2D eigenvalue weighted by molar-refractivity contribution is 5.02. The Morgan fingerprint density at radius 1 is 1.60 bits per heavy atom. The van der Waals surface area contributed by atoms with E-state index >= 15 is 0 Å². The first-order valence-electron chi connectivity index (χ1n) is 6.32. The van der Waals surface area contributed by atoms with E-state index in [4.69, 9.17) is 9.47 Å². The average Bonchev–Trinajstić information content (AvgIpc) is 2.83. The van der Waals surface area contributed by atoms with Gasteiger partial charge in [0.25, 0.3) is 5.56 Å². The number of hydrogen-bond donors (Lipinski definition) is 2. The zero-order chi connectivity index (χ0) is 14.7. The molecule has 0 aromatic carbocycles. The summed E-state index contributed by atoms with van der Waals surface area (Å²) in [4.78, 5) is 25.3. The SMILES string of the molecule is Cc1cn([C@H]2C[C@@H](OCCF)[C@@H](CO)O2)c(=O)[nH]c1=O. The molecule has 1 saturated heterocycles. The summed E-state index contributed by atoms with van der Waals surface area (Å²) in [6, 6.07) is 0. The molecule has 0 unspecified atom stereocenters. The van der Waals surface area contributed by atoms with Gasteiger partial charge in [-0.15, -0.1) is 0 Å². The molecule has 0 amide bonds. The number of nitrogens with zero attached hydrogens (tertiary/aromatic N) is 1. The van der Waals surface area contributed by atoms with Gasteiger partial charge in [-0.2, -0.15) is 0 Å². The van der Waals surface area contributed by atoms with E-state index in [0.717, 1.165) is 0 Å². The number of ether oxygens (including phenoxy) is 2. The van der Waals surface area contributed by atoms with E-state index in [0.29, 0.717) is 12.0 Å². The Morgan fingerprint density at radius 2 is 2.35 bits per heavy atom. The fourth-order valence-electron chi connectivity index (χ4n) is 2.21. The lowest BCUT2D eigenvalue weighted by atomic mass is 10.2. The van der Waals surface area contributed by atoms with Crippen molar-refractivity contribution in [1.29, 1.82) is 0 Å². The van der Waals surface area contributed by atoms with Crippen LogP contribution in [0, 0.1) is 6.92 Å². The molecule has 1 aliphatic heterocycles. The van der Waals surface area contributed by atoms with Crippen LogP contribution in [0.2, 0.25) is 0 Å². The highest BCUT2D eigenvalue weighted by Crippen LogP contribution is 2.29. The Balaban J connectivity index is 2.20. The molecule has 2 heterocycles. The molecular weight excluding hydrogens is 271 g/mol. The molecule has 0 radical (unpaired) electrons. The first kappa shape index (κ1) is 14.9. The Bertz CT molecular complexity index is 570. The predicted molar refractivity (Wildman–Crippen MR) is 67.4 cm³/mol. The van der Waals surface area contributed by atoms with E-state index in [2.05, 4.69) is 4.98 Å². The molecule has 7 nitrogen and oxygen atoms in total. The monoisotopic (exact) mass is 288 g/mol. The maximum Gasteiger partial charge on any atom is 0.330 e. The van der Waals surface area contributed by atoms with Crippen molar-refractivity contribution in [2.45, 2.75) is 31.8 Å². The molecule has 1 aliphatic rings. The molecule has 0 spiro atoms. The highest BCUT2D eigenvalue weighted by Gasteiger charge is 2.37. The smallest absolute Gasteiger partial charge is 0.330 e. The zero-order valence-corrected chi connectivity index (χ0v) is 11.0. The molecule has 2 N–H and O–H groups in total. The third-order valence-electron chi connectivity index (χ3n) is 3.23. The summed E-state index contributed by atoms with van der Waals surface area (Å²) in [7, 11) is 0. The summed E-state index contributed by atoms with van der Waals surface area (Å²) in [5, 5.41) is 9.22. The van der Waals surface area contributed by atoms with Crippen LogP contribution in [0.15, 0.2) is 15.8 Å². The van der Waals surface area contributed by atoms with E-state index in [-0.39, 0.29) is 13.2 Å². The molecular formula is C12H17FN2O5. The van der Waals surface area contributed by atoms with E-state index in [9.17, 15) is 19.1 Å². The number of halogens is 1. The molecule has 1 fully saturated rings. The van der Waals surface area contributed by atoms with Crippen LogP contribution < -0.4 is 11.2 Å². The van der Waals surface area contributed by atoms with Crippen molar-refractivity contribution >= 4 is 0 Å². The highest BCUT2D eigenvalue weighted by atomic mass is 19.1. The number of aliphatic hydroxyl groups excluding tert-OH is 1. The maximum absolute atomic E-state index is 12.1. The minimum Gasteiger partial charge on any atom is -0.394 e. The number of nitrogens with one attached hydrogen (secondary N) is 1. The number of hydrogen-bond acceptors (Lipinski definition) is 5. The van der Waals surface area contributed by atoms with Crippen LogP contribution in [-0.2, 0) is 9.47 Å². The van der Waals surface area contributed by atoms with Crippen molar-refractivity contribution in [1.82, 2.24) is 9.55 Å². The number of alkyl halides is 1. The lowest BCUT2D eigenvalue weighted by molar-refractivity contribution is -0.0635. The van der Waals surface area contributed by atoms with Crippen LogP contribution in [0.4, 0.5) is 4.39 Å². The van der Waals surface area contributed by atoms with Gasteiger partial charge in [-0.05, 0) is 6.92 Å². The van der Waals surface area contributed by atoms with E-state index in [1.54, 1.807) is 6.92 Å². The molecule has 2 rings (SSSR count). The lowest BCUT2D eigenvalue weighted by Gasteiger charge is -2.15. The summed E-state index contributed by atoms with van der Waals surface area (Å²) in [6.45, 7) is 0.572. The minimum absolute atomic E-state index is 0.0865. The number of H-pyrrole nitrogens is 1. The summed E-state index contributed by atoms with van der Waals surface area (Å²) >= 11 is 0. The second-order valence-electron chi connectivity index (χ2n) is 4.62. The molecule has 0 aliphatic carbocycles. The molecule has 8 heteroatoms. The predicted octanol–water partition coefficient (Wildman–Crippen LogP) is -0.520. The van der Waals surface area contributed by atoms with Crippen LogP contribution in [0.5, 0.6) is 0 Å². The van der Waals surface area contributed by atoms with Gasteiger partial charge in [0.2, 0.25) is 0 Å². The fourth-order valence-corrected chi connectivity index (χ4v) is 2.21. The number of aryl methyl sites for hydroxylation is 1. The zero-order valence-electron chi connectivity index (χ0n) is 11.0. The van der Waals surface area contributed by atoms with Crippen molar-refractivity contribution in [2.75, 3.05) is 19.9 Å². The van der Waals surface area contributed by atoms with Gasteiger partial charge in [0.15, 0.2) is 0 Å². The lowest BCUT2D eigenvalue weighted by Crippen LogP contribution is -2.33. The average molecular weight is 288 g/mol. The molecule has 112 valence electrons. The molecule has 20 heavy (non-hydrogen) atoms. The quantitative estimate of drug-likeness (QED) is 0.760. The minimum atomic E-state index is -0.653. The van der Waals surface area contributed by atoms with Crippen LogP contribution in [0.3, 0.4) is 0 Å². The number of aromatic amines is 1. The van der Waals surface area contributed by atoms with Gasteiger partial charge < -0.3 is 14.6 Å². The van der Waals surface area contributed by atoms with Crippen molar-refractivity contribution in [2.24, 2.45) is 0 Å². The van der Waals surface area contributed by atoms with Crippen LogP contribution in [0.1, 0.15) is 18.2 Å². The summed E-state index contributed by atoms with van der Waals surface area (Å²) in [6.07, 6.45) is -0.0561. The standard InChI is InChI=1S/C12H17FN2O5/c1-7-5-15(12(18)14-11(7)17)10-4-8(19-3-2-13)9(6-16)20-10/h5,8-10,16H,2-4,6H2,1H3,(H,14,17,18)/t8-,9-,10-/m1/s1. The van der Waals surface area contributed by atoms with Gasteiger partial charge >= 0.3 is 5.69 Å². The normalized spacial score (nSPS) is 26.1.